The largest absolute Gasteiger partial charge is 0.389 e. The van der Waals surface area contributed by atoms with Gasteiger partial charge in [0.2, 0.25) is 5.91 Å². The Kier molecular flexibility index (Phi) is 4.74. The molecule has 2 aliphatic heterocycles. The van der Waals surface area contributed by atoms with Crippen LogP contribution in [0, 0.1) is 19.8 Å². The number of benzene rings is 1. The lowest BCUT2D eigenvalue weighted by molar-refractivity contribution is -0.146. The SMILES string of the molecule is Cc1ccc(N2CCC(C(=O)N3CC(O)C3)CC2)cc1-c1nc2ccccn2c1C. The second-order valence-electron chi connectivity index (χ2n) is 8.63. The molecule has 3 aromatic rings. The minimum absolute atomic E-state index is 0.0827. The van der Waals surface area contributed by atoms with E-state index in [0.29, 0.717) is 13.1 Å². The zero-order valence-corrected chi connectivity index (χ0v) is 17.6. The number of fused-ring (bicyclic) bond motifs is 1. The average Bonchev–Trinajstić information content (AvgIpc) is 3.08. The quantitative estimate of drug-likeness (QED) is 0.729. The molecule has 2 aliphatic rings. The van der Waals surface area contributed by atoms with Crippen molar-refractivity contribution in [3.63, 3.8) is 0 Å². The van der Waals surface area contributed by atoms with Gasteiger partial charge in [-0.2, -0.15) is 0 Å². The highest BCUT2D eigenvalue weighted by Gasteiger charge is 2.35. The van der Waals surface area contributed by atoms with Gasteiger partial charge in [-0.15, -0.1) is 0 Å². The smallest absolute Gasteiger partial charge is 0.225 e. The lowest BCUT2D eigenvalue weighted by atomic mass is 9.93. The van der Waals surface area contributed by atoms with Crippen molar-refractivity contribution in [1.29, 1.82) is 0 Å². The van der Waals surface area contributed by atoms with Crippen LogP contribution < -0.4 is 4.90 Å². The first kappa shape index (κ1) is 19.1. The van der Waals surface area contributed by atoms with E-state index in [1.165, 1.54) is 16.8 Å². The molecule has 0 unspecified atom stereocenters. The molecule has 2 fully saturated rings. The fourth-order valence-corrected chi connectivity index (χ4v) is 4.71. The van der Waals surface area contributed by atoms with Crippen molar-refractivity contribution in [3.8, 4) is 11.3 Å². The van der Waals surface area contributed by atoms with Crippen molar-refractivity contribution in [3.05, 3.63) is 53.9 Å². The number of hydrogen-bond donors (Lipinski definition) is 1. The fraction of sp³-hybridized carbons (Fsp3) is 0.417. The highest BCUT2D eigenvalue weighted by atomic mass is 16.3. The number of pyridine rings is 1. The topological polar surface area (TPSA) is 61.1 Å². The van der Waals surface area contributed by atoms with E-state index in [4.69, 9.17) is 4.98 Å². The molecule has 1 aromatic carbocycles. The summed E-state index contributed by atoms with van der Waals surface area (Å²) < 4.78 is 2.13. The molecule has 0 spiro atoms. The Balaban J connectivity index is 1.35. The van der Waals surface area contributed by atoms with Crippen LogP contribution in [0.25, 0.3) is 16.9 Å². The molecule has 30 heavy (non-hydrogen) atoms. The van der Waals surface area contributed by atoms with Crippen molar-refractivity contribution < 1.29 is 9.90 Å². The van der Waals surface area contributed by atoms with Crippen LogP contribution in [0.4, 0.5) is 5.69 Å². The van der Waals surface area contributed by atoms with Crippen LogP contribution in [-0.4, -0.2) is 57.6 Å². The van der Waals surface area contributed by atoms with Gasteiger partial charge in [0.05, 0.1) is 11.8 Å². The van der Waals surface area contributed by atoms with Gasteiger partial charge in [0, 0.05) is 55.2 Å². The third kappa shape index (κ3) is 3.25. The molecule has 0 saturated carbocycles. The van der Waals surface area contributed by atoms with Gasteiger partial charge in [-0.3, -0.25) is 4.79 Å². The Morgan fingerprint density at radius 2 is 1.87 bits per heavy atom. The maximum Gasteiger partial charge on any atom is 0.225 e. The number of aliphatic hydroxyl groups is 1. The van der Waals surface area contributed by atoms with E-state index in [1.54, 1.807) is 4.90 Å². The standard InChI is InChI=1S/C24H28N4O2/c1-16-6-7-19(13-21(16)23-17(2)28-10-4-3-5-22(28)25-23)26-11-8-18(9-12-26)24(30)27-14-20(29)15-27/h3-7,10,13,18,20,29H,8-9,11-12,14-15H2,1-2H3. The van der Waals surface area contributed by atoms with E-state index >= 15 is 0 Å². The summed E-state index contributed by atoms with van der Waals surface area (Å²) in [5.74, 6) is 0.296. The lowest BCUT2D eigenvalue weighted by Gasteiger charge is -2.40. The molecule has 4 heterocycles. The number of β-amino-alcohol motifs (C(OH)–C–C–N with tert-alkyl or cyclic N) is 1. The first-order valence-corrected chi connectivity index (χ1v) is 10.8. The molecule has 6 nitrogen and oxygen atoms in total. The first-order valence-electron chi connectivity index (χ1n) is 10.8. The van der Waals surface area contributed by atoms with E-state index in [0.717, 1.165) is 43.0 Å². The second-order valence-corrected chi connectivity index (χ2v) is 8.63. The summed E-state index contributed by atoms with van der Waals surface area (Å²) in [6.07, 6.45) is 3.45. The monoisotopic (exact) mass is 404 g/mol. The molecular weight excluding hydrogens is 376 g/mol. The van der Waals surface area contributed by atoms with Crippen LogP contribution in [0.2, 0.25) is 0 Å². The number of rotatable bonds is 3. The third-order valence-electron chi connectivity index (χ3n) is 6.63. The normalized spacial score (nSPS) is 18.1. The van der Waals surface area contributed by atoms with Crippen molar-refractivity contribution in [2.24, 2.45) is 5.92 Å². The van der Waals surface area contributed by atoms with E-state index < -0.39 is 0 Å². The number of piperidine rings is 1. The van der Waals surface area contributed by atoms with Gasteiger partial charge >= 0.3 is 0 Å². The van der Waals surface area contributed by atoms with E-state index in [1.807, 2.05) is 18.2 Å². The summed E-state index contributed by atoms with van der Waals surface area (Å²) in [7, 11) is 0. The fourth-order valence-electron chi connectivity index (χ4n) is 4.71. The van der Waals surface area contributed by atoms with Crippen molar-refractivity contribution in [1.82, 2.24) is 14.3 Å². The summed E-state index contributed by atoms with van der Waals surface area (Å²) >= 11 is 0. The van der Waals surface area contributed by atoms with E-state index in [2.05, 4.69) is 47.5 Å². The van der Waals surface area contributed by atoms with Gasteiger partial charge in [0.15, 0.2) is 0 Å². The number of aryl methyl sites for hydroxylation is 2. The molecule has 156 valence electrons. The molecule has 2 aromatic heterocycles. The summed E-state index contributed by atoms with van der Waals surface area (Å²) in [5.41, 5.74) is 6.71. The van der Waals surface area contributed by atoms with Crippen LogP contribution in [0.1, 0.15) is 24.1 Å². The summed E-state index contributed by atoms with van der Waals surface area (Å²) in [6.45, 7) is 7.00. The number of hydrogen-bond acceptors (Lipinski definition) is 4. The highest BCUT2D eigenvalue weighted by molar-refractivity contribution is 5.80. The number of carbonyl (C=O) groups excluding carboxylic acids is 1. The Hall–Kier alpha value is -2.86. The van der Waals surface area contributed by atoms with Gasteiger partial charge in [0.25, 0.3) is 0 Å². The number of carbonyl (C=O) groups is 1. The number of likely N-dealkylation sites (tertiary alicyclic amines) is 1. The van der Waals surface area contributed by atoms with E-state index in [-0.39, 0.29) is 17.9 Å². The van der Waals surface area contributed by atoms with Crippen LogP contribution in [0.3, 0.4) is 0 Å². The summed E-state index contributed by atoms with van der Waals surface area (Å²) in [5, 5.41) is 9.46. The van der Waals surface area contributed by atoms with Crippen molar-refractivity contribution in [2.45, 2.75) is 32.8 Å². The highest BCUT2D eigenvalue weighted by Crippen LogP contribution is 2.32. The number of anilines is 1. The van der Waals surface area contributed by atoms with Gasteiger partial charge in [-0.25, -0.2) is 4.98 Å². The van der Waals surface area contributed by atoms with Crippen LogP contribution in [-0.2, 0) is 4.79 Å². The molecule has 0 radical (unpaired) electrons. The molecule has 0 aliphatic carbocycles. The Bertz CT molecular complexity index is 1090. The Morgan fingerprint density at radius 3 is 2.57 bits per heavy atom. The maximum atomic E-state index is 12.6. The minimum Gasteiger partial charge on any atom is -0.389 e. The third-order valence-corrected chi connectivity index (χ3v) is 6.63. The lowest BCUT2D eigenvalue weighted by Crippen LogP contribution is -2.56. The zero-order valence-electron chi connectivity index (χ0n) is 17.6. The summed E-state index contributed by atoms with van der Waals surface area (Å²) in [4.78, 5) is 21.6. The van der Waals surface area contributed by atoms with Gasteiger partial charge < -0.3 is 19.3 Å². The number of amides is 1. The number of imidazole rings is 1. The number of aromatic nitrogens is 2. The minimum atomic E-state index is -0.330. The van der Waals surface area contributed by atoms with E-state index in [9.17, 15) is 9.90 Å². The van der Waals surface area contributed by atoms with Gasteiger partial charge in [0.1, 0.15) is 5.65 Å². The molecule has 1 N–H and O–H groups in total. The number of nitrogens with zero attached hydrogens (tertiary/aromatic N) is 4. The van der Waals surface area contributed by atoms with Crippen LogP contribution in [0.5, 0.6) is 0 Å². The molecule has 0 bridgehead atoms. The predicted octanol–water partition coefficient (Wildman–Crippen LogP) is 3.04. The Morgan fingerprint density at radius 1 is 1.10 bits per heavy atom. The molecular formula is C24H28N4O2. The molecule has 6 heteroatoms. The predicted molar refractivity (Wildman–Crippen MR) is 118 cm³/mol. The van der Waals surface area contributed by atoms with Crippen LogP contribution >= 0.6 is 0 Å². The number of aliphatic hydroxyl groups excluding tert-OH is 1. The van der Waals surface area contributed by atoms with Gasteiger partial charge in [-0.05, 0) is 56.5 Å². The second kappa shape index (κ2) is 7.43. The molecule has 5 rings (SSSR count). The maximum absolute atomic E-state index is 12.6. The zero-order chi connectivity index (χ0) is 20.8. The molecule has 1 amide bonds. The molecule has 0 atom stereocenters. The van der Waals surface area contributed by atoms with Gasteiger partial charge in [-0.1, -0.05) is 12.1 Å². The van der Waals surface area contributed by atoms with Crippen molar-refractivity contribution in [2.75, 3.05) is 31.1 Å². The van der Waals surface area contributed by atoms with Crippen molar-refractivity contribution >= 4 is 17.2 Å². The average molecular weight is 405 g/mol. The first-order chi connectivity index (χ1) is 14.5. The Labute approximate surface area is 176 Å². The molecule has 2 saturated heterocycles. The van der Waals surface area contributed by atoms with Crippen LogP contribution in [0.15, 0.2) is 42.6 Å². The summed E-state index contributed by atoms with van der Waals surface area (Å²) in [6, 6.07) is 12.7.